The number of aliphatic carboxylic acids is 1. The average Bonchev–Trinajstić information content (AvgIpc) is 1.67. The number of aliphatic hydroxyl groups excluding tert-OH is 1. The maximum Gasteiger partial charge on any atom is 0.370 e. The van der Waals surface area contributed by atoms with E-state index < -0.39 is 11.7 Å². The third-order valence-electron chi connectivity index (χ3n) is 0.495. The lowest BCUT2D eigenvalue weighted by Gasteiger charge is -1.84. The Morgan fingerprint density at radius 2 is 2.00 bits per heavy atom. The van der Waals surface area contributed by atoms with Crippen LogP contribution in [-0.4, -0.2) is 16.2 Å². The van der Waals surface area contributed by atoms with E-state index in [1.807, 2.05) is 0 Å². The number of hydrogen-bond acceptors (Lipinski definition) is 2. The van der Waals surface area contributed by atoms with Crippen molar-refractivity contribution in [1.29, 1.82) is 0 Å². The molecule has 8 heavy (non-hydrogen) atoms. The first-order valence-corrected chi connectivity index (χ1v) is 1.93. The van der Waals surface area contributed by atoms with E-state index in [0.29, 0.717) is 0 Å². The van der Waals surface area contributed by atoms with Crippen molar-refractivity contribution in [2.45, 2.75) is 0 Å². The topological polar surface area (TPSA) is 57.5 Å². The molecule has 0 aliphatic carbocycles. The van der Waals surface area contributed by atoms with Crippen molar-refractivity contribution < 1.29 is 15.0 Å². The van der Waals surface area contributed by atoms with Gasteiger partial charge in [-0.25, -0.2) is 4.79 Å². The zero-order valence-corrected chi connectivity index (χ0v) is 4.16. The van der Waals surface area contributed by atoms with E-state index in [2.05, 4.69) is 6.58 Å². The molecular formula is C5H6O3. The minimum atomic E-state index is -1.34. The lowest BCUT2D eigenvalue weighted by atomic mass is 10.4. The Hall–Kier alpha value is -1.25. The van der Waals surface area contributed by atoms with Crippen LogP contribution in [0, 0.1) is 0 Å². The van der Waals surface area contributed by atoms with E-state index >= 15 is 0 Å². The fraction of sp³-hybridized carbons (Fsp3) is 0. The summed E-state index contributed by atoms with van der Waals surface area (Å²) >= 11 is 0. The highest BCUT2D eigenvalue weighted by molar-refractivity contribution is 5.83. The summed E-state index contributed by atoms with van der Waals surface area (Å²) in [6.45, 7) is 3.18. The molecule has 0 heterocycles. The zero-order chi connectivity index (χ0) is 6.57. The van der Waals surface area contributed by atoms with Crippen LogP contribution in [0.1, 0.15) is 0 Å². The van der Waals surface area contributed by atoms with Crippen LogP contribution in [-0.2, 0) is 4.79 Å². The second kappa shape index (κ2) is 2.85. The summed E-state index contributed by atoms with van der Waals surface area (Å²) in [5.74, 6) is -2.04. The molecule has 0 spiro atoms. The molecule has 0 unspecified atom stereocenters. The van der Waals surface area contributed by atoms with Crippen LogP contribution in [0.5, 0.6) is 0 Å². The van der Waals surface area contributed by atoms with Gasteiger partial charge in [-0.15, -0.1) is 0 Å². The van der Waals surface area contributed by atoms with Gasteiger partial charge in [-0.2, -0.15) is 0 Å². The minimum absolute atomic E-state index is 0.694. The van der Waals surface area contributed by atoms with Crippen molar-refractivity contribution in [2.75, 3.05) is 0 Å². The Bertz CT molecular complexity index is 135. The Morgan fingerprint density at radius 3 is 2.12 bits per heavy atom. The van der Waals surface area contributed by atoms with Crippen LogP contribution in [0.4, 0.5) is 0 Å². The second-order valence-electron chi connectivity index (χ2n) is 1.09. The van der Waals surface area contributed by atoms with Gasteiger partial charge < -0.3 is 10.2 Å². The number of allylic oxidation sites excluding steroid dienone is 2. The molecule has 0 bridgehead atoms. The molecule has 0 saturated carbocycles. The van der Waals surface area contributed by atoms with E-state index in [9.17, 15) is 4.79 Å². The van der Waals surface area contributed by atoms with E-state index in [0.717, 1.165) is 6.08 Å². The molecule has 0 aromatic carbocycles. The third-order valence-corrected chi connectivity index (χ3v) is 0.495. The first-order valence-electron chi connectivity index (χ1n) is 1.93. The van der Waals surface area contributed by atoms with Gasteiger partial charge in [0.05, 0.1) is 0 Å². The summed E-state index contributed by atoms with van der Waals surface area (Å²) in [6.07, 6.45) is 2.20. The van der Waals surface area contributed by atoms with Crippen molar-refractivity contribution in [3.63, 3.8) is 0 Å². The second-order valence-corrected chi connectivity index (χ2v) is 1.09. The molecule has 0 fully saturated rings. The van der Waals surface area contributed by atoms with Crippen molar-refractivity contribution in [2.24, 2.45) is 0 Å². The van der Waals surface area contributed by atoms with Crippen LogP contribution in [0.15, 0.2) is 24.5 Å². The van der Waals surface area contributed by atoms with Gasteiger partial charge in [-0.1, -0.05) is 12.7 Å². The number of aliphatic hydroxyl groups is 1. The predicted octanol–water partition coefficient (Wildman–Crippen LogP) is 0.699. The minimum Gasteiger partial charge on any atom is -0.502 e. The quantitative estimate of drug-likeness (QED) is 0.315. The van der Waals surface area contributed by atoms with Crippen molar-refractivity contribution in [3.8, 4) is 0 Å². The van der Waals surface area contributed by atoms with Gasteiger partial charge in [0.25, 0.3) is 0 Å². The van der Waals surface area contributed by atoms with E-state index in [1.54, 1.807) is 0 Å². The highest BCUT2D eigenvalue weighted by atomic mass is 16.4. The van der Waals surface area contributed by atoms with Crippen molar-refractivity contribution in [1.82, 2.24) is 0 Å². The Morgan fingerprint density at radius 1 is 1.50 bits per heavy atom. The fourth-order valence-electron chi connectivity index (χ4n) is 0.183. The summed E-state index contributed by atoms with van der Waals surface area (Å²) in [7, 11) is 0. The van der Waals surface area contributed by atoms with E-state index in [4.69, 9.17) is 10.2 Å². The van der Waals surface area contributed by atoms with Gasteiger partial charge in [0.1, 0.15) is 0 Å². The molecule has 0 saturated heterocycles. The van der Waals surface area contributed by atoms with Gasteiger partial charge in [0.15, 0.2) is 0 Å². The Kier molecular flexibility index (Phi) is 2.40. The number of rotatable bonds is 2. The van der Waals surface area contributed by atoms with Crippen molar-refractivity contribution in [3.05, 3.63) is 24.5 Å². The van der Waals surface area contributed by atoms with Crippen LogP contribution in [0.25, 0.3) is 0 Å². The molecule has 0 rings (SSSR count). The van der Waals surface area contributed by atoms with Crippen LogP contribution in [0.3, 0.4) is 0 Å². The first kappa shape index (κ1) is 6.75. The van der Waals surface area contributed by atoms with Gasteiger partial charge in [-0.3, -0.25) is 0 Å². The zero-order valence-electron chi connectivity index (χ0n) is 4.16. The highest BCUT2D eigenvalue weighted by Crippen LogP contribution is 1.85. The summed E-state index contributed by atoms with van der Waals surface area (Å²) in [6, 6.07) is 0. The molecule has 0 aromatic rings. The number of hydrogen-bond donors (Lipinski definition) is 2. The lowest BCUT2D eigenvalue weighted by Crippen LogP contribution is -1.97. The molecule has 0 aliphatic heterocycles. The molecule has 3 heteroatoms. The number of carboxylic acid groups (broad SMARTS) is 1. The van der Waals surface area contributed by atoms with Crippen LogP contribution >= 0.6 is 0 Å². The maximum absolute atomic E-state index is 9.72. The van der Waals surface area contributed by atoms with Gasteiger partial charge in [0.2, 0.25) is 5.76 Å². The van der Waals surface area contributed by atoms with E-state index in [1.165, 1.54) is 6.08 Å². The molecule has 3 nitrogen and oxygen atoms in total. The third kappa shape index (κ3) is 2.02. The molecule has 44 valence electrons. The predicted molar refractivity (Wildman–Crippen MR) is 28.5 cm³/mol. The standard InChI is InChI=1S/C5H6O3/c1-2-3-4(6)5(7)8/h2-3,6H,1H2,(H,7,8). The molecule has 0 aromatic heterocycles. The summed E-state index contributed by atoms with van der Waals surface area (Å²) in [5.41, 5.74) is 0. The van der Waals surface area contributed by atoms with Crippen LogP contribution < -0.4 is 0 Å². The van der Waals surface area contributed by atoms with Gasteiger partial charge >= 0.3 is 5.97 Å². The molecule has 0 radical (unpaired) electrons. The summed E-state index contributed by atoms with van der Waals surface area (Å²) in [5, 5.41) is 16.3. The molecule has 0 amide bonds. The number of carboxylic acids is 1. The summed E-state index contributed by atoms with van der Waals surface area (Å²) < 4.78 is 0. The van der Waals surface area contributed by atoms with E-state index in [-0.39, 0.29) is 0 Å². The Labute approximate surface area is 46.6 Å². The molecule has 2 N–H and O–H groups in total. The SMILES string of the molecule is C=CC=C(O)C(=O)O. The molecular weight excluding hydrogens is 108 g/mol. The highest BCUT2D eigenvalue weighted by Gasteiger charge is 1.98. The smallest absolute Gasteiger partial charge is 0.370 e. The summed E-state index contributed by atoms with van der Waals surface area (Å²) in [4.78, 5) is 9.72. The van der Waals surface area contributed by atoms with Crippen molar-refractivity contribution >= 4 is 5.97 Å². The Balaban J connectivity index is 3.99. The average molecular weight is 114 g/mol. The number of carbonyl (C=O) groups is 1. The lowest BCUT2D eigenvalue weighted by molar-refractivity contribution is -0.135. The first-order chi connectivity index (χ1) is 3.68. The van der Waals surface area contributed by atoms with Crippen LogP contribution in [0.2, 0.25) is 0 Å². The fourth-order valence-corrected chi connectivity index (χ4v) is 0.183. The van der Waals surface area contributed by atoms with Gasteiger partial charge in [0, 0.05) is 0 Å². The normalized spacial score (nSPS) is 10.8. The molecule has 0 atom stereocenters. The largest absolute Gasteiger partial charge is 0.502 e. The van der Waals surface area contributed by atoms with Gasteiger partial charge in [-0.05, 0) is 6.08 Å². The monoisotopic (exact) mass is 114 g/mol. The molecule has 0 aliphatic rings. The maximum atomic E-state index is 9.72.